The van der Waals surface area contributed by atoms with Crippen LogP contribution in [-0.2, 0) is 17.5 Å². The molecule has 3 rings (SSSR count). The second-order valence-electron chi connectivity index (χ2n) is 5.21. The van der Waals surface area contributed by atoms with Gasteiger partial charge in [-0.25, -0.2) is 0 Å². The molecule has 124 valence electrons. The fourth-order valence-electron chi connectivity index (χ4n) is 2.38. The van der Waals surface area contributed by atoms with Crippen LogP contribution in [0.2, 0.25) is 0 Å². The van der Waals surface area contributed by atoms with Gasteiger partial charge >= 0.3 is 6.18 Å². The molecule has 0 aliphatic carbocycles. The van der Waals surface area contributed by atoms with Gasteiger partial charge in [0.15, 0.2) is 0 Å². The van der Waals surface area contributed by atoms with E-state index in [4.69, 9.17) is 5.73 Å². The molecule has 0 aliphatic rings. The first kappa shape index (κ1) is 15.9. The van der Waals surface area contributed by atoms with Crippen LogP contribution in [0.3, 0.4) is 0 Å². The van der Waals surface area contributed by atoms with E-state index in [2.05, 4.69) is 10.4 Å². The highest BCUT2D eigenvalue weighted by molar-refractivity contribution is 5.92. The van der Waals surface area contributed by atoms with E-state index < -0.39 is 17.6 Å². The van der Waals surface area contributed by atoms with Gasteiger partial charge in [0.2, 0.25) is 5.91 Å². The molecule has 3 aromatic rings. The molecule has 1 amide bonds. The number of nitrogens with two attached hydrogens (primary N) is 1. The monoisotopic (exact) mass is 334 g/mol. The van der Waals surface area contributed by atoms with Crippen molar-refractivity contribution < 1.29 is 18.0 Å². The lowest BCUT2D eigenvalue weighted by molar-refractivity contribution is -0.137. The molecule has 0 saturated heterocycles. The number of para-hydroxylation sites is 1. The van der Waals surface area contributed by atoms with Crippen molar-refractivity contribution in [2.24, 2.45) is 0 Å². The first-order valence-corrected chi connectivity index (χ1v) is 7.02. The average Bonchev–Trinajstić information content (AvgIpc) is 2.89. The van der Waals surface area contributed by atoms with Crippen molar-refractivity contribution in [2.45, 2.75) is 12.7 Å². The zero-order valence-corrected chi connectivity index (χ0v) is 12.3. The van der Waals surface area contributed by atoms with Crippen molar-refractivity contribution in [2.75, 3.05) is 11.1 Å². The molecule has 0 fully saturated rings. The molecular weight excluding hydrogens is 321 g/mol. The topological polar surface area (TPSA) is 72.9 Å². The number of benzene rings is 2. The molecule has 5 nitrogen and oxygen atoms in total. The Bertz CT molecular complexity index is 902. The number of anilines is 2. The van der Waals surface area contributed by atoms with Gasteiger partial charge in [-0.2, -0.15) is 18.3 Å². The van der Waals surface area contributed by atoms with E-state index in [0.717, 1.165) is 11.5 Å². The van der Waals surface area contributed by atoms with Crippen LogP contribution in [0.1, 0.15) is 5.56 Å². The lowest BCUT2D eigenvalue weighted by Crippen LogP contribution is -2.21. The van der Waals surface area contributed by atoms with Crippen LogP contribution in [0.15, 0.2) is 48.7 Å². The zero-order chi connectivity index (χ0) is 17.3. The molecule has 8 heteroatoms. The van der Waals surface area contributed by atoms with E-state index in [9.17, 15) is 18.0 Å². The largest absolute Gasteiger partial charge is 0.418 e. The van der Waals surface area contributed by atoms with Crippen molar-refractivity contribution >= 4 is 28.2 Å². The third-order valence-corrected chi connectivity index (χ3v) is 3.47. The lowest BCUT2D eigenvalue weighted by Gasteiger charge is -2.13. The second kappa shape index (κ2) is 5.88. The number of amides is 1. The Balaban J connectivity index is 1.82. The van der Waals surface area contributed by atoms with E-state index in [1.165, 1.54) is 22.9 Å². The van der Waals surface area contributed by atoms with Crippen LogP contribution in [-0.4, -0.2) is 15.7 Å². The number of nitrogen functional groups attached to an aromatic ring is 1. The molecule has 0 aliphatic heterocycles. The van der Waals surface area contributed by atoms with Gasteiger partial charge in [-0.15, -0.1) is 0 Å². The van der Waals surface area contributed by atoms with Crippen molar-refractivity contribution in [3.63, 3.8) is 0 Å². The number of hydrogen-bond donors (Lipinski definition) is 2. The third kappa shape index (κ3) is 3.17. The molecule has 3 N–H and O–H groups in total. The van der Waals surface area contributed by atoms with Crippen molar-refractivity contribution in [1.82, 2.24) is 9.78 Å². The number of aromatic nitrogens is 2. The van der Waals surface area contributed by atoms with Gasteiger partial charge in [-0.1, -0.05) is 12.1 Å². The lowest BCUT2D eigenvalue weighted by atomic mass is 10.1. The van der Waals surface area contributed by atoms with Gasteiger partial charge in [0.05, 0.1) is 23.0 Å². The van der Waals surface area contributed by atoms with Crippen LogP contribution >= 0.6 is 0 Å². The summed E-state index contributed by atoms with van der Waals surface area (Å²) in [5.74, 6) is -0.612. The fraction of sp³-hybridized carbons (Fsp3) is 0.125. The van der Waals surface area contributed by atoms with Gasteiger partial charge in [-0.3, -0.25) is 9.48 Å². The minimum Gasteiger partial charge on any atom is -0.399 e. The number of nitrogens with one attached hydrogen (secondary N) is 1. The molecule has 0 saturated carbocycles. The Morgan fingerprint density at radius 3 is 2.71 bits per heavy atom. The summed E-state index contributed by atoms with van der Waals surface area (Å²) in [4.78, 5) is 12.1. The van der Waals surface area contributed by atoms with Gasteiger partial charge in [0.1, 0.15) is 6.54 Å². The van der Waals surface area contributed by atoms with Crippen LogP contribution in [0.4, 0.5) is 24.5 Å². The summed E-state index contributed by atoms with van der Waals surface area (Å²) in [6, 6.07) is 9.93. The Morgan fingerprint density at radius 2 is 1.96 bits per heavy atom. The van der Waals surface area contributed by atoms with Crippen LogP contribution < -0.4 is 11.1 Å². The normalized spacial score (nSPS) is 11.6. The number of nitrogens with zero attached hydrogens (tertiary/aromatic N) is 2. The zero-order valence-electron chi connectivity index (χ0n) is 12.3. The number of hydrogen-bond acceptors (Lipinski definition) is 3. The van der Waals surface area contributed by atoms with Gasteiger partial charge in [0.25, 0.3) is 0 Å². The van der Waals surface area contributed by atoms with E-state index in [0.29, 0.717) is 11.2 Å². The van der Waals surface area contributed by atoms with Crippen molar-refractivity contribution in [1.29, 1.82) is 0 Å². The molecule has 0 spiro atoms. The summed E-state index contributed by atoms with van der Waals surface area (Å²) in [7, 11) is 0. The van der Waals surface area contributed by atoms with E-state index in [-0.39, 0.29) is 12.2 Å². The van der Waals surface area contributed by atoms with Crippen molar-refractivity contribution in [3.8, 4) is 0 Å². The summed E-state index contributed by atoms with van der Waals surface area (Å²) >= 11 is 0. The molecule has 0 atom stereocenters. The van der Waals surface area contributed by atoms with E-state index in [1.54, 1.807) is 24.4 Å². The van der Waals surface area contributed by atoms with Crippen molar-refractivity contribution in [3.05, 3.63) is 54.2 Å². The molecule has 1 aromatic heterocycles. The smallest absolute Gasteiger partial charge is 0.399 e. The standard InChI is InChI=1S/C16H13F3N4O/c17-16(18,19)12-3-1-2-4-13(12)22-15(24)9-23-14-7-11(20)6-5-10(14)8-21-23/h1-8H,9,20H2,(H,22,24). The number of rotatable bonds is 3. The highest BCUT2D eigenvalue weighted by Crippen LogP contribution is 2.34. The summed E-state index contributed by atoms with van der Waals surface area (Å²) < 4.78 is 40.2. The summed E-state index contributed by atoms with van der Waals surface area (Å²) in [6.07, 6.45) is -2.98. The Labute approximate surface area is 134 Å². The van der Waals surface area contributed by atoms with Crippen LogP contribution in [0.5, 0.6) is 0 Å². The average molecular weight is 334 g/mol. The summed E-state index contributed by atoms with van der Waals surface area (Å²) in [6.45, 7) is -0.223. The summed E-state index contributed by atoms with van der Waals surface area (Å²) in [5.41, 5.74) is 5.67. The highest BCUT2D eigenvalue weighted by atomic mass is 19.4. The van der Waals surface area contributed by atoms with Crippen LogP contribution in [0.25, 0.3) is 10.9 Å². The minimum absolute atomic E-state index is 0.223. The molecule has 0 bridgehead atoms. The van der Waals surface area contributed by atoms with E-state index in [1.807, 2.05) is 0 Å². The molecule has 2 aromatic carbocycles. The predicted molar refractivity (Wildman–Crippen MR) is 84.2 cm³/mol. The highest BCUT2D eigenvalue weighted by Gasteiger charge is 2.33. The van der Waals surface area contributed by atoms with Crippen LogP contribution in [0, 0.1) is 0 Å². The van der Waals surface area contributed by atoms with E-state index >= 15 is 0 Å². The third-order valence-electron chi connectivity index (χ3n) is 3.47. The maximum atomic E-state index is 12.9. The first-order valence-electron chi connectivity index (χ1n) is 7.02. The molecule has 1 heterocycles. The molecular formula is C16H13F3N4O. The number of carbonyl (C=O) groups excluding carboxylic acids is 1. The Hall–Kier alpha value is -3.03. The quantitative estimate of drug-likeness (QED) is 0.722. The summed E-state index contributed by atoms with van der Waals surface area (Å²) in [5, 5.41) is 7.14. The Kier molecular flexibility index (Phi) is 3.88. The maximum absolute atomic E-state index is 12.9. The first-order chi connectivity index (χ1) is 11.3. The number of carbonyl (C=O) groups is 1. The van der Waals surface area contributed by atoms with Gasteiger partial charge in [-0.05, 0) is 30.3 Å². The van der Waals surface area contributed by atoms with Gasteiger partial charge in [0, 0.05) is 11.1 Å². The number of alkyl halides is 3. The molecule has 24 heavy (non-hydrogen) atoms. The number of fused-ring (bicyclic) bond motifs is 1. The SMILES string of the molecule is Nc1ccc2cnn(CC(=O)Nc3ccccc3C(F)(F)F)c2c1. The second-order valence-corrected chi connectivity index (χ2v) is 5.21. The predicted octanol–water partition coefficient (Wildman–Crippen LogP) is 3.28. The molecule has 0 radical (unpaired) electrons. The fourth-order valence-corrected chi connectivity index (χ4v) is 2.38. The minimum atomic E-state index is -4.54. The van der Waals surface area contributed by atoms with Gasteiger partial charge < -0.3 is 11.1 Å². The number of halogens is 3. The maximum Gasteiger partial charge on any atom is 0.418 e. The molecule has 0 unspecified atom stereocenters. The Morgan fingerprint density at radius 1 is 1.21 bits per heavy atom.